The number of nitrogens with zero attached hydrogens (tertiary/aromatic N) is 2. The third-order valence-electron chi connectivity index (χ3n) is 9.47. The number of fused-ring (bicyclic) bond motifs is 11. The molecule has 10 rings (SSSR count). The van der Waals surface area contributed by atoms with E-state index in [2.05, 4.69) is 152 Å². The Labute approximate surface area is 270 Å². The van der Waals surface area contributed by atoms with Crippen molar-refractivity contribution in [3.8, 4) is 33.5 Å². The van der Waals surface area contributed by atoms with Crippen molar-refractivity contribution in [3.63, 3.8) is 0 Å². The monoisotopic (exact) mass is 598 g/mol. The molecule has 10 aromatic rings. The van der Waals surface area contributed by atoms with Gasteiger partial charge in [-0.25, -0.2) is 4.98 Å². The van der Waals surface area contributed by atoms with E-state index in [1.807, 2.05) is 6.20 Å². The Hall–Kier alpha value is -6.32. The van der Waals surface area contributed by atoms with Gasteiger partial charge in [-0.2, -0.15) is 0 Å². The van der Waals surface area contributed by atoms with E-state index in [-0.39, 0.29) is 0 Å². The van der Waals surface area contributed by atoms with E-state index < -0.39 is 0 Å². The fourth-order valence-electron chi connectivity index (χ4n) is 7.23. The van der Waals surface area contributed by atoms with Gasteiger partial charge in [-0.3, -0.25) is 4.98 Å². The van der Waals surface area contributed by atoms with Gasteiger partial charge in [-0.05, 0) is 74.1 Å². The van der Waals surface area contributed by atoms with Crippen LogP contribution in [0.1, 0.15) is 0 Å². The minimum atomic E-state index is 0.862. The molecule has 8 aromatic carbocycles. The van der Waals surface area contributed by atoms with Gasteiger partial charge in [0.25, 0.3) is 0 Å². The Kier molecular flexibility index (Phi) is 5.57. The molecule has 0 N–H and O–H groups in total. The maximum atomic E-state index is 6.26. The highest BCUT2D eigenvalue weighted by Gasteiger charge is 2.14. The highest BCUT2D eigenvalue weighted by atomic mass is 16.3. The van der Waals surface area contributed by atoms with Crippen LogP contribution in [0.2, 0.25) is 0 Å². The van der Waals surface area contributed by atoms with Crippen LogP contribution in [0.3, 0.4) is 0 Å². The van der Waals surface area contributed by atoms with E-state index >= 15 is 0 Å². The molecule has 0 aliphatic carbocycles. The van der Waals surface area contributed by atoms with Gasteiger partial charge >= 0.3 is 0 Å². The Morgan fingerprint density at radius 1 is 0.383 bits per heavy atom. The van der Waals surface area contributed by atoms with Crippen molar-refractivity contribution in [3.05, 3.63) is 158 Å². The molecule has 0 spiro atoms. The summed E-state index contributed by atoms with van der Waals surface area (Å²) in [5, 5.41) is 9.38. The molecular formula is C44H26N2O. The van der Waals surface area contributed by atoms with Crippen molar-refractivity contribution in [2.24, 2.45) is 0 Å². The highest BCUT2D eigenvalue weighted by Crippen LogP contribution is 2.38. The van der Waals surface area contributed by atoms with Crippen molar-refractivity contribution in [1.82, 2.24) is 9.97 Å². The van der Waals surface area contributed by atoms with E-state index in [0.717, 1.165) is 71.9 Å². The zero-order chi connectivity index (χ0) is 30.9. The van der Waals surface area contributed by atoms with Crippen molar-refractivity contribution in [2.45, 2.75) is 0 Å². The lowest BCUT2D eigenvalue weighted by Gasteiger charge is -2.11. The molecule has 218 valence electrons. The van der Waals surface area contributed by atoms with E-state index in [1.165, 1.54) is 26.9 Å². The minimum absolute atomic E-state index is 0.862. The maximum absolute atomic E-state index is 6.26. The molecule has 0 unspecified atom stereocenters. The standard InChI is InChI=1S/C44H26N2O/c1-2-14-33-27(9-1)19-22-41-42(33)38-25-31(20-21-40(38)47-41)29-11-7-10-28(23-29)30-12-8-13-32(24-30)39-26-45-43-36-17-5-3-15-34(36)35-16-4-6-18-37(35)44(43)46-39/h1-26H. The summed E-state index contributed by atoms with van der Waals surface area (Å²) in [6.07, 6.45) is 1.91. The second-order valence-corrected chi connectivity index (χ2v) is 12.2. The Morgan fingerprint density at radius 3 is 1.70 bits per heavy atom. The maximum Gasteiger partial charge on any atom is 0.136 e. The SMILES string of the molecule is c1cc(-c2cccc(-c3cnc4c5ccccc5c5ccccc5c4n3)c2)cc(-c2ccc3oc4ccc5ccccc5c4c3c2)c1. The molecule has 0 atom stereocenters. The third kappa shape index (κ3) is 4.07. The number of aromatic nitrogens is 2. The van der Waals surface area contributed by atoms with Crippen molar-refractivity contribution in [2.75, 3.05) is 0 Å². The lowest BCUT2D eigenvalue weighted by molar-refractivity contribution is 0.669. The van der Waals surface area contributed by atoms with Crippen LogP contribution in [0.4, 0.5) is 0 Å². The second-order valence-electron chi connectivity index (χ2n) is 12.2. The predicted octanol–water partition coefficient (Wildman–Crippen LogP) is 12.0. The molecule has 2 aromatic heterocycles. The quantitative estimate of drug-likeness (QED) is 0.190. The minimum Gasteiger partial charge on any atom is -0.456 e. The van der Waals surface area contributed by atoms with Crippen LogP contribution in [0.25, 0.3) is 98.8 Å². The van der Waals surface area contributed by atoms with Crippen LogP contribution >= 0.6 is 0 Å². The van der Waals surface area contributed by atoms with Gasteiger partial charge in [0.05, 0.1) is 22.9 Å². The van der Waals surface area contributed by atoms with Gasteiger partial charge < -0.3 is 4.42 Å². The normalized spacial score (nSPS) is 11.8. The van der Waals surface area contributed by atoms with Gasteiger partial charge in [0.2, 0.25) is 0 Å². The zero-order valence-electron chi connectivity index (χ0n) is 25.3. The van der Waals surface area contributed by atoms with E-state index in [1.54, 1.807) is 0 Å². The molecule has 0 aliphatic heterocycles. The third-order valence-corrected chi connectivity index (χ3v) is 9.47. The summed E-state index contributed by atoms with van der Waals surface area (Å²) in [4.78, 5) is 10.2. The molecule has 0 aliphatic rings. The molecule has 0 saturated heterocycles. The van der Waals surface area contributed by atoms with Gasteiger partial charge in [0.15, 0.2) is 0 Å². The first-order valence-electron chi connectivity index (χ1n) is 15.9. The first kappa shape index (κ1) is 26.0. The van der Waals surface area contributed by atoms with E-state index in [0.29, 0.717) is 0 Å². The van der Waals surface area contributed by atoms with Gasteiger partial charge in [0, 0.05) is 27.1 Å². The average molecular weight is 599 g/mol. The number of hydrogen-bond acceptors (Lipinski definition) is 3. The highest BCUT2D eigenvalue weighted by molar-refractivity contribution is 6.23. The molecule has 0 saturated carbocycles. The van der Waals surface area contributed by atoms with E-state index in [4.69, 9.17) is 14.4 Å². The molecule has 0 fully saturated rings. The molecular weight excluding hydrogens is 572 g/mol. The molecule has 0 bridgehead atoms. The predicted molar refractivity (Wildman–Crippen MR) is 196 cm³/mol. The number of hydrogen-bond donors (Lipinski definition) is 0. The number of benzene rings is 8. The van der Waals surface area contributed by atoms with Gasteiger partial charge in [-0.1, -0.05) is 121 Å². The van der Waals surface area contributed by atoms with Crippen LogP contribution in [0, 0.1) is 0 Å². The van der Waals surface area contributed by atoms with Crippen LogP contribution in [0.15, 0.2) is 162 Å². The summed E-state index contributed by atoms with van der Waals surface area (Å²) < 4.78 is 6.26. The summed E-state index contributed by atoms with van der Waals surface area (Å²) in [7, 11) is 0. The van der Waals surface area contributed by atoms with Crippen LogP contribution in [0.5, 0.6) is 0 Å². The summed E-state index contributed by atoms with van der Waals surface area (Å²) in [6, 6.07) is 53.6. The molecule has 47 heavy (non-hydrogen) atoms. The van der Waals surface area contributed by atoms with Gasteiger partial charge in [-0.15, -0.1) is 0 Å². The van der Waals surface area contributed by atoms with Crippen molar-refractivity contribution in [1.29, 1.82) is 0 Å². The molecule has 3 heteroatoms. The summed E-state index contributed by atoms with van der Waals surface area (Å²) in [5.74, 6) is 0. The molecule has 2 heterocycles. The summed E-state index contributed by atoms with van der Waals surface area (Å²) in [5.41, 5.74) is 10.2. The average Bonchev–Trinajstić information content (AvgIpc) is 3.53. The van der Waals surface area contributed by atoms with Crippen molar-refractivity contribution >= 4 is 65.3 Å². The first-order chi connectivity index (χ1) is 23.3. The largest absolute Gasteiger partial charge is 0.456 e. The second kappa shape index (κ2) is 10.1. The molecule has 0 radical (unpaired) electrons. The van der Waals surface area contributed by atoms with Crippen molar-refractivity contribution < 1.29 is 4.42 Å². The Bertz CT molecular complexity index is 2830. The number of rotatable bonds is 3. The van der Waals surface area contributed by atoms with Gasteiger partial charge in [0.1, 0.15) is 11.2 Å². The fraction of sp³-hybridized carbons (Fsp3) is 0. The fourth-order valence-corrected chi connectivity index (χ4v) is 7.23. The van der Waals surface area contributed by atoms with Crippen LogP contribution < -0.4 is 0 Å². The van der Waals surface area contributed by atoms with Crippen LogP contribution in [-0.4, -0.2) is 9.97 Å². The molecule has 3 nitrogen and oxygen atoms in total. The van der Waals surface area contributed by atoms with Crippen LogP contribution in [-0.2, 0) is 0 Å². The zero-order valence-corrected chi connectivity index (χ0v) is 25.3. The smallest absolute Gasteiger partial charge is 0.136 e. The first-order valence-corrected chi connectivity index (χ1v) is 15.9. The lowest BCUT2D eigenvalue weighted by Crippen LogP contribution is -1.92. The van der Waals surface area contributed by atoms with E-state index in [9.17, 15) is 0 Å². The summed E-state index contributed by atoms with van der Waals surface area (Å²) in [6.45, 7) is 0. The molecule has 0 amide bonds. The topological polar surface area (TPSA) is 38.9 Å². The Morgan fingerprint density at radius 2 is 0.957 bits per heavy atom. The number of furan rings is 1. The summed E-state index contributed by atoms with van der Waals surface area (Å²) >= 11 is 0. The lowest BCUT2D eigenvalue weighted by atomic mass is 9.96. The Balaban J connectivity index is 1.07.